The molecule has 0 bridgehead atoms. The van der Waals surface area contributed by atoms with Gasteiger partial charge in [0, 0.05) is 10.6 Å². The normalized spacial score (nSPS) is 12.9. The van der Waals surface area contributed by atoms with E-state index >= 15 is 0 Å². The van der Waals surface area contributed by atoms with Crippen molar-refractivity contribution < 1.29 is 26.5 Å². The van der Waals surface area contributed by atoms with Crippen LogP contribution in [0.15, 0.2) is 78.9 Å². The summed E-state index contributed by atoms with van der Waals surface area (Å²) >= 11 is 0. The molecule has 0 aliphatic carbocycles. The van der Waals surface area contributed by atoms with E-state index in [1.54, 1.807) is 48.5 Å². The number of nitrogens with one attached hydrogen (secondary N) is 1. The van der Waals surface area contributed by atoms with Gasteiger partial charge in [-0.15, -0.1) is 0 Å². The highest BCUT2D eigenvalue weighted by Crippen LogP contribution is 2.47. The van der Waals surface area contributed by atoms with Crippen LogP contribution in [0, 0.1) is 36.0 Å². The lowest BCUT2D eigenvalue weighted by atomic mass is 10.0. The van der Waals surface area contributed by atoms with Crippen LogP contribution < -0.4 is 15.7 Å². The number of aryl methyl sites for hydroxylation is 1. The van der Waals surface area contributed by atoms with Gasteiger partial charge in [0.2, 0.25) is 13.1 Å². The van der Waals surface area contributed by atoms with E-state index < -0.39 is 42.1 Å². The molecule has 0 aliphatic rings. The number of anilines is 1. The topological polar surface area (TPSA) is 29.1 Å². The second-order valence-electron chi connectivity index (χ2n) is 7.38. The van der Waals surface area contributed by atoms with Crippen molar-refractivity contribution in [2.45, 2.75) is 6.92 Å². The minimum atomic E-state index is -4.16. The molecule has 2 nitrogen and oxygen atoms in total. The van der Waals surface area contributed by atoms with Gasteiger partial charge in [-0.1, -0.05) is 66.2 Å². The standard InChI is InChI=1S/C25H17F5NOP/c1-15-11-13-16(14-12-15)18-9-5-6-10-19(18)33(32,17-7-3-2-4-8-17)31-25-23(29)21(27)20(26)22(28)24(25)30/h2-14H,1H3,(H,31,32). The first-order valence-corrected chi connectivity index (χ1v) is 11.6. The zero-order valence-corrected chi connectivity index (χ0v) is 18.1. The van der Waals surface area contributed by atoms with E-state index in [1.807, 2.05) is 19.1 Å². The first-order chi connectivity index (χ1) is 15.7. The van der Waals surface area contributed by atoms with E-state index in [9.17, 15) is 26.5 Å². The van der Waals surface area contributed by atoms with Gasteiger partial charge >= 0.3 is 0 Å². The predicted octanol–water partition coefficient (Wildman–Crippen LogP) is 6.70. The molecule has 0 aliphatic heterocycles. The molecule has 1 unspecified atom stereocenters. The lowest BCUT2D eigenvalue weighted by molar-refractivity contribution is 0.382. The minimum absolute atomic E-state index is 0.133. The highest BCUT2D eigenvalue weighted by atomic mass is 31.2. The Morgan fingerprint density at radius 1 is 0.636 bits per heavy atom. The second-order valence-corrected chi connectivity index (χ2v) is 9.83. The number of halogens is 5. The third kappa shape index (κ3) is 4.05. The van der Waals surface area contributed by atoms with Crippen LogP contribution in [0.1, 0.15) is 5.56 Å². The van der Waals surface area contributed by atoms with E-state index in [2.05, 4.69) is 5.09 Å². The van der Waals surface area contributed by atoms with Gasteiger partial charge in [0.15, 0.2) is 23.3 Å². The summed E-state index contributed by atoms with van der Waals surface area (Å²) in [6.07, 6.45) is 0. The van der Waals surface area contributed by atoms with E-state index in [0.29, 0.717) is 11.1 Å². The van der Waals surface area contributed by atoms with Gasteiger partial charge in [-0.2, -0.15) is 0 Å². The number of hydrogen-bond acceptors (Lipinski definition) is 1. The Kier molecular flexibility index (Phi) is 6.09. The zero-order valence-electron chi connectivity index (χ0n) is 17.3. The lowest BCUT2D eigenvalue weighted by Gasteiger charge is -2.25. The molecule has 4 aromatic carbocycles. The van der Waals surface area contributed by atoms with Crippen LogP contribution >= 0.6 is 7.29 Å². The maximum Gasteiger partial charge on any atom is 0.227 e. The molecule has 4 rings (SSSR count). The molecular weight excluding hydrogens is 456 g/mol. The zero-order chi connectivity index (χ0) is 23.8. The third-order valence-corrected chi connectivity index (χ3v) is 7.84. The van der Waals surface area contributed by atoms with Crippen molar-refractivity contribution in [1.82, 2.24) is 0 Å². The van der Waals surface area contributed by atoms with Crippen LogP contribution in [0.3, 0.4) is 0 Å². The molecule has 0 radical (unpaired) electrons. The summed E-state index contributed by atoms with van der Waals surface area (Å²) in [7, 11) is -4.16. The highest BCUT2D eigenvalue weighted by Gasteiger charge is 2.35. The largest absolute Gasteiger partial charge is 0.324 e. The van der Waals surface area contributed by atoms with Crippen molar-refractivity contribution in [2.24, 2.45) is 0 Å². The van der Waals surface area contributed by atoms with Gasteiger partial charge in [-0.05, 0) is 36.2 Å². The SMILES string of the molecule is Cc1ccc(-c2ccccc2P(=O)(Nc2c(F)c(F)c(F)c(F)c2F)c2ccccc2)cc1. The van der Waals surface area contributed by atoms with Crippen LogP contribution in [0.2, 0.25) is 0 Å². The highest BCUT2D eigenvalue weighted by molar-refractivity contribution is 7.80. The van der Waals surface area contributed by atoms with Crippen LogP contribution in [-0.4, -0.2) is 0 Å². The summed E-state index contributed by atoms with van der Waals surface area (Å²) in [6, 6.07) is 21.5. The lowest BCUT2D eigenvalue weighted by Crippen LogP contribution is -2.24. The fraction of sp³-hybridized carbons (Fsp3) is 0.0400. The third-order valence-electron chi connectivity index (χ3n) is 5.20. The molecule has 0 fully saturated rings. The Balaban J connectivity index is 1.98. The quantitative estimate of drug-likeness (QED) is 0.151. The van der Waals surface area contributed by atoms with Crippen LogP contribution in [0.4, 0.5) is 27.6 Å². The summed E-state index contributed by atoms with van der Waals surface area (Å²) in [6.45, 7) is 1.90. The molecule has 0 saturated heterocycles. The maximum atomic E-state index is 14.5. The van der Waals surface area contributed by atoms with Gasteiger partial charge in [-0.3, -0.25) is 4.57 Å². The molecule has 8 heteroatoms. The number of rotatable bonds is 5. The Morgan fingerprint density at radius 2 is 1.15 bits per heavy atom. The molecule has 4 aromatic rings. The molecule has 0 saturated carbocycles. The molecule has 0 spiro atoms. The molecule has 33 heavy (non-hydrogen) atoms. The van der Waals surface area contributed by atoms with Crippen molar-refractivity contribution in [1.29, 1.82) is 0 Å². The van der Waals surface area contributed by atoms with E-state index in [0.717, 1.165) is 5.56 Å². The molecule has 0 amide bonds. The summed E-state index contributed by atoms with van der Waals surface area (Å²) in [5.41, 5.74) is 0.798. The average molecular weight is 473 g/mol. The van der Waals surface area contributed by atoms with Crippen molar-refractivity contribution >= 4 is 23.6 Å². The average Bonchev–Trinajstić information content (AvgIpc) is 2.85. The fourth-order valence-corrected chi connectivity index (χ4v) is 5.96. The maximum absolute atomic E-state index is 14.5. The minimum Gasteiger partial charge on any atom is -0.324 e. The summed E-state index contributed by atoms with van der Waals surface area (Å²) in [4.78, 5) is 0. The molecule has 1 atom stereocenters. The summed E-state index contributed by atoms with van der Waals surface area (Å²) in [5, 5.41) is 2.50. The fourth-order valence-electron chi connectivity index (χ4n) is 3.49. The number of hydrogen-bond donors (Lipinski definition) is 1. The number of benzene rings is 4. The summed E-state index contributed by atoms with van der Waals surface area (Å²) < 4.78 is 84.8. The van der Waals surface area contributed by atoms with E-state index in [1.165, 1.54) is 18.2 Å². The first-order valence-electron chi connectivity index (χ1n) is 9.86. The summed E-state index contributed by atoms with van der Waals surface area (Å²) in [5.74, 6) is -10.7. The van der Waals surface area contributed by atoms with Crippen molar-refractivity contribution in [3.05, 3.63) is 114 Å². The van der Waals surface area contributed by atoms with Gasteiger partial charge in [0.1, 0.15) is 5.69 Å². The molecule has 0 aromatic heterocycles. The van der Waals surface area contributed by atoms with Crippen LogP contribution in [0.25, 0.3) is 11.1 Å². The van der Waals surface area contributed by atoms with Crippen molar-refractivity contribution in [2.75, 3.05) is 5.09 Å². The van der Waals surface area contributed by atoms with E-state index in [-0.39, 0.29) is 10.6 Å². The Bertz CT molecular complexity index is 1340. The van der Waals surface area contributed by atoms with Crippen molar-refractivity contribution in [3.8, 4) is 11.1 Å². The van der Waals surface area contributed by atoms with Crippen LogP contribution in [0.5, 0.6) is 0 Å². The van der Waals surface area contributed by atoms with Gasteiger partial charge in [0.25, 0.3) is 0 Å². The molecule has 1 N–H and O–H groups in total. The molecular formula is C25H17F5NOP. The monoisotopic (exact) mass is 473 g/mol. The van der Waals surface area contributed by atoms with Crippen molar-refractivity contribution in [3.63, 3.8) is 0 Å². The smallest absolute Gasteiger partial charge is 0.227 e. The van der Waals surface area contributed by atoms with E-state index in [4.69, 9.17) is 0 Å². The Morgan fingerprint density at radius 3 is 1.76 bits per heavy atom. The predicted molar refractivity (Wildman–Crippen MR) is 120 cm³/mol. The Hall–Kier alpha value is -3.44. The Labute approximate surface area is 187 Å². The molecule has 0 heterocycles. The van der Waals surface area contributed by atoms with Gasteiger partial charge in [0.05, 0.1) is 0 Å². The first kappa shape index (κ1) is 22.7. The van der Waals surface area contributed by atoms with Gasteiger partial charge in [-0.25, -0.2) is 22.0 Å². The van der Waals surface area contributed by atoms with Gasteiger partial charge < -0.3 is 5.09 Å². The second kappa shape index (κ2) is 8.83. The van der Waals surface area contributed by atoms with Crippen LogP contribution in [-0.2, 0) is 4.57 Å². The molecule has 168 valence electrons.